The minimum absolute atomic E-state index is 0. The summed E-state index contributed by atoms with van der Waals surface area (Å²) in [6.45, 7) is 2.07. The van der Waals surface area contributed by atoms with E-state index in [4.69, 9.17) is 0 Å². The number of halogens is 1. The zero-order chi connectivity index (χ0) is 16.9. The molecule has 0 radical (unpaired) electrons. The smallest absolute Gasteiger partial charge is 0.289 e. The van der Waals surface area contributed by atoms with Gasteiger partial charge in [0.05, 0.1) is 0 Å². The first kappa shape index (κ1) is 19.4. The number of Topliss-reactive ketones (excluding diaryl/α,β-unsaturated/α-hetero) is 1. The number of carbonyl (C=O) groups excluding carboxylic acids is 3. The Morgan fingerprint density at radius 3 is 2.48 bits per heavy atom. The molecule has 1 atom stereocenters. The zero-order valence-corrected chi connectivity index (χ0v) is 14.9. The van der Waals surface area contributed by atoms with Crippen LogP contribution >= 0.6 is 12.4 Å². The maximum Gasteiger partial charge on any atom is 0.289 e. The van der Waals surface area contributed by atoms with Crippen molar-refractivity contribution in [1.29, 1.82) is 0 Å². The molecule has 0 aromatic heterocycles. The molecule has 1 unspecified atom stereocenters. The number of likely N-dealkylation sites (tertiary alicyclic amines) is 1. The van der Waals surface area contributed by atoms with Crippen LogP contribution in [-0.2, 0) is 20.9 Å². The lowest BCUT2D eigenvalue weighted by molar-refractivity contribution is -0.143. The molecule has 2 heterocycles. The second kappa shape index (κ2) is 8.97. The predicted octanol–water partition coefficient (Wildman–Crippen LogP) is 1.04. The number of ketones is 1. The largest absolute Gasteiger partial charge is 0.347 e. The van der Waals surface area contributed by atoms with Crippen molar-refractivity contribution < 1.29 is 14.4 Å². The van der Waals surface area contributed by atoms with Crippen molar-refractivity contribution in [2.75, 3.05) is 13.1 Å². The summed E-state index contributed by atoms with van der Waals surface area (Å²) in [4.78, 5) is 38.5. The van der Waals surface area contributed by atoms with Gasteiger partial charge < -0.3 is 15.5 Å². The van der Waals surface area contributed by atoms with Crippen LogP contribution < -0.4 is 10.6 Å². The van der Waals surface area contributed by atoms with Crippen LogP contribution in [0.15, 0.2) is 30.3 Å². The Kier molecular flexibility index (Phi) is 6.96. The van der Waals surface area contributed by atoms with Crippen molar-refractivity contribution in [1.82, 2.24) is 15.5 Å². The Morgan fingerprint density at radius 2 is 1.80 bits per heavy atom. The van der Waals surface area contributed by atoms with Gasteiger partial charge in [-0.25, -0.2) is 0 Å². The monoisotopic (exact) mass is 365 g/mol. The molecule has 2 fully saturated rings. The van der Waals surface area contributed by atoms with Crippen LogP contribution in [0.3, 0.4) is 0 Å². The van der Waals surface area contributed by atoms with Crippen molar-refractivity contribution in [3.63, 3.8) is 0 Å². The average Bonchev–Trinajstić information content (AvgIpc) is 2.97. The Hall–Kier alpha value is -1.92. The molecule has 0 aliphatic carbocycles. The van der Waals surface area contributed by atoms with Crippen LogP contribution in [-0.4, -0.2) is 47.7 Å². The Labute approximate surface area is 153 Å². The lowest BCUT2D eigenvalue weighted by atomic mass is 10.0. The number of hydrogen-bond donors (Lipinski definition) is 2. The highest BCUT2D eigenvalue weighted by atomic mass is 35.5. The Balaban J connectivity index is 0.00000225. The molecule has 1 aromatic carbocycles. The van der Waals surface area contributed by atoms with E-state index in [9.17, 15) is 14.4 Å². The minimum Gasteiger partial charge on any atom is -0.347 e. The van der Waals surface area contributed by atoms with Gasteiger partial charge in [-0.3, -0.25) is 14.4 Å². The number of piperidine rings is 1. The number of benzene rings is 1. The van der Waals surface area contributed by atoms with E-state index in [1.165, 1.54) is 0 Å². The van der Waals surface area contributed by atoms with E-state index >= 15 is 0 Å². The van der Waals surface area contributed by atoms with Gasteiger partial charge in [-0.2, -0.15) is 0 Å². The lowest BCUT2D eigenvalue weighted by Crippen LogP contribution is -2.50. The van der Waals surface area contributed by atoms with Gasteiger partial charge in [0.25, 0.3) is 5.91 Å². The van der Waals surface area contributed by atoms with Crippen LogP contribution in [0.25, 0.3) is 0 Å². The van der Waals surface area contributed by atoms with Gasteiger partial charge in [-0.05, 0) is 37.9 Å². The van der Waals surface area contributed by atoms with Crippen molar-refractivity contribution >= 4 is 30.0 Å². The molecule has 6 nitrogen and oxygen atoms in total. The maximum absolute atomic E-state index is 12.5. The standard InChI is InChI=1S/C18H23N3O3.ClH/c22-16-7-6-15(21(16)12-13-4-2-1-3-5-13)17(23)18(24)20-14-8-10-19-11-9-14;/h1-5,14-15,19H,6-12H2,(H,20,24);1H. The number of carbonyl (C=O) groups is 3. The summed E-state index contributed by atoms with van der Waals surface area (Å²) in [7, 11) is 0. The van der Waals surface area contributed by atoms with Gasteiger partial charge in [0, 0.05) is 19.0 Å². The van der Waals surface area contributed by atoms with Crippen LogP contribution in [0.4, 0.5) is 0 Å². The fourth-order valence-corrected chi connectivity index (χ4v) is 3.36. The quantitative estimate of drug-likeness (QED) is 0.764. The van der Waals surface area contributed by atoms with E-state index in [1.54, 1.807) is 4.90 Å². The number of nitrogens with zero attached hydrogens (tertiary/aromatic N) is 1. The van der Waals surface area contributed by atoms with Gasteiger partial charge in [0.15, 0.2) is 0 Å². The highest BCUT2D eigenvalue weighted by Crippen LogP contribution is 2.22. The van der Waals surface area contributed by atoms with Crippen LogP contribution in [0, 0.1) is 0 Å². The summed E-state index contributed by atoms with van der Waals surface area (Å²) in [6.07, 6.45) is 2.40. The van der Waals surface area contributed by atoms with Gasteiger partial charge in [-0.15, -0.1) is 12.4 Å². The zero-order valence-electron chi connectivity index (χ0n) is 14.1. The Morgan fingerprint density at radius 1 is 1.12 bits per heavy atom. The van der Waals surface area contributed by atoms with Crippen LogP contribution in [0.2, 0.25) is 0 Å². The lowest BCUT2D eigenvalue weighted by Gasteiger charge is -2.26. The third-order valence-electron chi connectivity index (χ3n) is 4.72. The molecule has 2 amide bonds. The number of nitrogens with one attached hydrogen (secondary N) is 2. The van der Waals surface area contributed by atoms with Crippen molar-refractivity contribution in [3.8, 4) is 0 Å². The highest BCUT2D eigenvalue weighted by molar-refractivity contribution is 6.38. The normalized spacial score (nSPS) is 20.9. The molecular formula is C18H24ClN3O3. The summed E-state index contributed by atoms with van der Waals surface area (Å²) in [5, 5.41) is 6.05. The first-order valence-electron chi connectivity index (χ1n) is 8.54. The van der Waals surface area contributed by atoms with Crippen molar-refractivity contribution in [2.24, 2.45) is 0 Å². The molecule has 25 heavy (non-hydrogen) atoms. The fraction of sp³-hybridized carbons (Fsp3) is 0.500. The SMILES string of the molecule is Cl.O=C(NC1CCNCC1)C(=O)C1CCC(=O)N1Cc1ccccc1. The molecule has 2 aliphatic rings. The summed E-state index contributed by atoms with van der Waals surface area (Å²) in [6, 6.07) is 8.95. The molecule has 2 N–H and O–H groups in total. The van der Waals surface area contributed by atoms with E-state index < -0.39 is 17.7 Å². The van der Waals surface area contributed by atoms with E-state index in [0.29, 0.717) is 19.4 Å². The van der Waals surface area contributed by atoms with E-state index in [0.717, 1.165) is 31.5 Å². The molecule has 2 aliphatic heterocycles. The minimum atomic E-state index is -0.639. The molecule has 0 spiro atoms. The van der Waals surface area contributed by atoms with E-state index in [-0.39, 0.29) is 24.4 Å². The average molecular weight is 366 g/mol. The number of amides is 2. The summed E-state index contributed by atoms with van der Waals surface area (Å²) >= 11 is 0. The second-order valence-electron chi connectivity index (χ2n) is 6.42. The van der Waals surface area contributed by atoms with E-state index in [2.05, 4.69) is 10.6 Å². The van der Waals surface area contributed by atoms with Gasteiger partial charge in [0.1, 0.15) is 6.04 Å². The number of rotatable bonds is 5. The highest BCUT2D eigenvalue weighted by Gasteiger charge is 2.39. The Bertz CT molecular complexity index is 617. The van der Waals surface area contributed by atoms with Crippen LogP contribution in [0.1, 0.15) is 31.2 Å². The number of hydrogen-bond acceptors (Lipinski definition) is 4. The summed E-state index contributed by atoms with van der Waals surface area (Å²) in [5.74, 6) is -1.11. The third kappa shape index (κ3) is 4.80. The molecule has 7 heteroatoms. The molecule has 0 bridgehead atoms. The predicted molar refractivity (Wildman–Crippen MR) is 96.3 cm³/mol. The summed E-state index contributed by atoms with van der Waals surface area (Å²) in [5.41, 5.74) is 0.962. The molecule has 3 rings (SSSR count). The summed E-state index contributed by atoms with van der Waals surface area (Å²) < 4.78 is 0. The van der Waals surface area contributed by atoms with Gasteiger partial charge >= 0.3 is 0 Å². The second-order valence-corrected chi connectivity index (χ2v) is 6.42. The fourth-order valence-electron chi connectivity index (χ4n) is 3.36. The van der Waals surface area contributed by atoms with Crippen molar-refractivity contribution in [2.45, 2.75) is 44.3 Å². The van der Waals surface area contributed by atoms with Gasteiger partial charge in [0.2, 0.25) is 11.7 Å². The van der Waals surface area contributed by atoms with Crippen LogP contribution in [0.5, 0.6) is 0 Å². The van der Waals surface area contributed by atoms with E-state index in [1.807, 2.05) is 30.3 Å². The topological polar surface area (TPSA) is 78.5 Å². The maximum atomic E-state index is 12.5. The van der Waals surface area contributed by atoms with Gasteiger partial charge in [-0.1, -0.05) is 30.3 Å². The first-order chi connectivity index (χ1) is 11.6. The molecule has 136 valence electrons. The molecule has 2 saturated heterocycles. The molecular weight excluding hydrogens is 342 g/mol. The first-order valence-corrected chi connectivity index (χ1v) is 8.54. The van der Waals surface area contributed by atoms with Crippen molar-refractivity contribution in [3.05, 3.63) is 35.9 Å². The third-order valence-corrected chi connectivity index (χ3v) is 4.72. The molecule has 0 saturated carbocycles. The molecule has 1 aromatic rings.